The molecule has 2 atom stereocenters. The van der Waals surface area contributed by atoms with Crippen LogP contribution < -0.4 is 0 Å². The van der Waals surface area contributed by atoms with Crippen molar-refractivity contribution in [2.75, 3.05) is 0 Å². The molecular weight excluding hydrogens is 136 g/mol. The van der Waals surface area contributed by atoms with Crippen LogP contribution in [0.25, 0.3) is 0 Å². The lowest BCUT2D eigenvalue weighted by atomic mass is 10.0. The fourth-order valence-corrected chi connectivity index (χ4v) is 0.804. The summed E-state index contributed by atoms with van der Waals surface area (Å²) in [6.07, 6.45) is 3.82. The molecule has 0 saturated heterocycles. The average Bonchev–Trinajstić information content (AvgIpc) is 2.03. The van der Waals surface area contributed by atoms with Gasteiger partial charge in [0.15, 0.2) is 0 Å². The van der Waals surface area contributed by atoms with Gasteiger partial charge >= 0.3 is 0 Å². The second-order valence-electron chi connectivity index (χ2n) is 3.18. The summed E-state index contributed by atoms with van der Waals surface area (Å²) in [4.78, 5) is 0. The van der Waals surface area contributed by atoms with E-state index in [0.717, 1.165) is 6.42 Å². The highest BCUT2D eigenvalue weighted by atomic mass is 16.5. The predicted octanol–water partition coefficient (Wildman–Crippen LogP) is 3.40. The van der Waals surface area contributed by atoms with Crippen molar-refractivity contribution in [3.8, 4) is 0 Å². The first kappa shape index (κ1) is 11.0. The van der Waals surface area contributed by atoms with E-state index in [1.807, 2.05) is 6.61 Å². The molecule has 2 unspecified atom stereocenters. The Kier molecular flexibility index (Phi) is 6.63. The maximum Gasteiger partial charge on any atom is 0.0840 e. The van der Waals surface area contributed by atoms with Crippen LogP contribution in [-0.2, 0) is 4.74 Å². The van der Waals surface area contributed by atoms with Crippen molar-refractivity contribution in [2.24, 2.45) is 5.92 Å². The van der Waals surface area contributed by atoms with Gasteiger partial charge in [-0.1, -0.05) is 33.6 Å². The maximum absolute atomic E-state index is 5.51. The van der Waals surface area contributed by atoms with Gasteiger partial charge in [0.2, 0.25) is 0 Å². The van der Waals surface area contributed by atoms with Gasteiger partial charge in [0.25, 0.3) is 0 Å². The van der Waals surface area contributed by atoms with Gasteiger partial charge in [0, 0.05) is 0 Å². The normalized spacial score (nSPS) is 16.4. The number of hydrogen-bond acceptors (Lipinski definition) is 1. The zero-order valence-corrected chi connectivity index (χ0v) is 8.26. The number of rotatable bonds is 6. The molecule has 0 N–H and O–H groups in total. The van der Waals surface area contributed by atoms with E-state index in [9.17, 15) is 0 Å². The molecule has 1 nitrogen and oxygen atoms in total. The van der Waals surface area contributed by atoms with E-state index in [2.05, 4.69) is 27.7 Å². The average molecular weight is 157 g/mol. The Bertz CT molecular complexity index is 80.9. The van der Waals surface area contributed by atoms with E-state index in [0.29, 0.717) is 12.0 Å². The molecule has 0 aromatic carbocycles. The van der Waals surface area contributed by atoms with E-state index in [-0.39, 0.29) is 0 Å². The molecule has 0 aliphatic heterocycles. The second-order valence-corrected chi connectivity index (χ2v) is 3.18. The minimum Gasteiger partial charge on any atom is -0.372 e. The molecule has 1 radical (unpaired) electrons. The summed E-state index contributed by atoms with van der Waals surface area (Å²) in [6.45, 7) is 10.7. The molecule has 0 rings (SSSR count). The molecule has 0 fully saturated rings. The van der Waals surface area contributed by atoms with Crippen molar-refractivity contribution in [1.82, 2.24) is 0 Å². The molecule has 0 aliphatic rings. The van der Waals surface area contributed by atoms with Crippen molar-refractivity contribution in [2.45, 2.75) is 53.1 Å². The third-order valence-electron chi connectivity index (χ3n) is 2.16. The molecule has 11 heavy (non-hydrogen) atoms. The lowest BCUT2D eigenvalue weighted by molar-refractivity contribution is 0.0705. The molecule has 0 aromatic rings. The Morgan fingerprint density at radius 3 is 2.36 bits per heavy atom. The lowest BCUT2D eigenvalue weighted by Crippen LogP contribution is -2.15. The fraction of sp³-hybridized carbons (Fsp3) is 0.900. The highest BCUT2D eigenvalue weighted by Crippen LogP contribution is 2.12. The molecule has 0 saturated carbocycles. The van der Waals surface area contributed by atoms with Gasteiger partial charge in [0.1, 0.15) is 0 Å². The van der Waals surface area contributed by atoms with Crippen LogP contribution >= 0.6 is 0 Å². The highest BCUT2D eigenvalue weighted by molar-refractivity contribution is 4.61. The van der Waals surface area contributed by atoms with Crippen LogP contribution in [0.5, 0.6) is 0 Å². The van der Waals surface area contributed by atoms with E-state index in [1.54, 1.807) is 0 Å². The summed E-state index contributed by atoms with van der Waals surface area (Å²) < 4.78 is 5.51. The van der Waals surface area contributed by atoms with Gasteiger partial charge in [0.05, 0.1) is 12.7 Å². The summed E-state index contributed by atoms with van der Waals surface area (Å²) in [7, 11) is 0. The monoisotopic (exact) mass is 157 g/mol. The van der Waals surface area contributed by atoms with Gasteiger partial charge in [-0.2, -0.15) is 0 Å². The molecule has 0 bridgehead atoms. The Labute approximate surface area is 71.1 Å². The third kappa shape index (κ3) is 5.25. The largest absolute Gasteiger partial charge is 0.372 e. The van der Waals surface area contributed by atoms with Crippen molar-refractivity contribution in [3.05, 3.63) is 6.61 Å². The summed E-state index contributed by atoms with van der Waals surface area (Å²) in [6, 6.07) is 0. The van der Waals surface area contributed by atoms with Crippen LogP contribution in [0.1, 0.15) is 47.0 Å². The Balaban J connectivity index is 3.28. The molecule has 0 spiro atoms. The van der Waals surface area contributed by atoms with Crippen molar-refractivity contribution < 1.29 is 4.74 Å². The summed E-state index contributed by atoms with van der Waals surface area (Å²) in [5.74, 6) is 0.670. The quantitative estimate of drug-likeness (QED) is 0.537. The van der Waals surface area contributed by atoms with Crippen LogP contribution in [0.3, 0.4) is 0 Å². The number of unbranched alkanes of at least 4 members (excludes halogenated alkanes) is 1. The minimum absolute atomic E-state index is 0.381. The van der Waals surface area contributed by atoms with Crippen LogP contribution in [0.4, 0.5) is 0 Å². The van der Waals surface area contributed by atoms with Gasteiger partial charge < -0.3 is 4.74 Å². The molecule has 1 heteroatoms. The molecule has 0 amide bonds. The van der Waals surface area contributed by atoms with Gasteiger partial charge in [-0.05, 0) is 19.3 Å². The van der Waals surface area contributed by atoms with Gasteiger partial charge in [-0.15, -0.1) is 0 Å². The number of ether oxygens (including phenoxy) is 1. The van der Waals surface area contributed by atoms with Crippen molar-refractivity contribution >= 4 is 0 Å². The number of hydrogen-bond donors (Lipinski definition) is 0. The zero-order valence-electron chi connectivity index (χ0n) is 8.26. The highest BCUT2D eigenvalue weighted by Gasteiger charge is 2.09. The van der Waals surface area contributed by atoms with E-state index >= 15 is 0 Å². The standard InChI is InChI=1S/C10H21O/c1-5-7-8-11-10(4)9(3)6-2/h8-10H,5-7H2,1-4H3. The first-order valence-electron chi connectivity index (χ1n) is 4.69. The van der Waals surface area contributed by atoms with Crippen LogP contribution in [0, 0.1) is 12.5 Å². The summed E-state index contributed by atoms with van der Waals surface area (Å²) >= 11 is 0. The van der Waals surface area contributed by atoms with Crippen molar-refractivity contribution in [3.63, 3.8) is 0 Å². The Hall–Kier alpha value is -0.0400. The van der Waals surface area contributed by atoms with E-state index in [4.69, 9.17) is 4.74 Å². The lowest BCUT2D eigenvalue weighted by Gasteiger charge is -2.18. The van der Waals surface area contributed by atoms with Crippen LogP contribution in [0.2, 0.25) is 0 Å². The van der Waals surface area contributed by atoms with E-state index < -0.39 is 0 Å². The summed E-state index contributed by atoms with van der Waals surface area (Å²) in [5.41, 5.74) is 0. The zero-order chi connectivity index (χ0) is 8.69. The first-order valence-corrected chi connectivity index (χ1v) is 4.69. The third-order valence-corrected chi connectivity index (χ3v) is 2.16. The molecule has 0 aromatic heterocycles. The maximum atomic E-state index is 5.51. The summed E-state index contributed by atoms with van der Waals surface area (Å²) in [5, 5.41) is 0. The minimum atomic E-state index is 0.381. The van der Waals surface area contributed by atoms with Crippen LogP contribution in [0.15, 0.2) is 0 Å². The topological polar surface area (TPSA) is 9.23 Å². The van der Waals surface area contributed by atoms with E-state index in [1.165, 1.54) is 12.8 Å². The molecule has 0 heterocycles. The van der Waals surface area contributed by atoms with Gasteiger partial charge in [-0.3, -0.25) is 0 Å². The Morgan fingerprint density at radius 1 is 1.27 bits per heavy atom. The molecular formula is C10H21O. The smallest absolute Gasteiger partial charge is 0.0840 e. The second kappa shape index (κ2) is 6.66. The van der Waals surface area contributed by atoms with Crippen molar-refractivity contribution in [1.29, 1.82) is 0 Å². The predicted molar refractivity (Wildman–Crippen MR) is 49.2 cm³/mol. The fourth-order valence-electron chi connectivity index (χ4n) is 0.804. The first-order chi connectivity index (χ1) is 5.22. The Morgan fingerprint density at radius 2 is 1.91 bits per heavy atom. The SMILES string of the molecule is CCC[CH]OC(C)C(C)CC. The van der Waals surface area contributed by atoms with Crippen LogP contribution in [-0.4, -0.2) is 6.10 Å². The molecule has 67 valence electrons. The van der Waals surface area contributed by atoms with Gasteiger partial charge in [-0.25, -0.2) is 0 Å². The molecule has 0 aliphatic carbocycles.